The molecule has 4 fully saturated rings. The van der Waals surface area contributed by atoms with E-state index >= 15 is 0 Å². The van der Waals surface area contributed by atoms with Crippen LogP contribution in [0.1, 0.15) is 98.8 Å². The van der Waals surface area contributed by atoms with Gasteiger partial charge in [-0.2, -0.15) is 0 Å². The molecule has 4 saturated carbocycles. The van der Waals surface area contributed by atoms with Crippen LogP contribution < -0.4 is 0 Å². The lowest BCUT2D eigenvalue weighted by Gasteiger charge is -2.62. The Morgan fingerprint density at radius 1 is 1.00 bits per heavy atom. The molecule has 4 aliphatic carbocycles. The average Bonchev–Trinajstić information content (AvgIpc) is 3.16. The van der Waals surface area contributed by atoms with Gasteiger partial charge >= 0.3 is 5.97 Å². The average molecular weight is 504 g/mol. The van der Waals surface area contributed by atoms with Gasteiger partial charge in [0.2, 0.25) is 0 Å². The van der Waals surface area contributed by atoms with Crippen LogP contribution in [0.3, 0.4) is 0 Å². The minimum absolute atomic E-state index is 0.0113. The molecule has 0 aromatic carbocycles. The number of ketones is 1. The molecule has 0 spiro atoms. The Balaban J connectivity index is 1.62. The fourth-order valence-corrected chi connectivity index (χ4v) is 9.58. The predicted molar refractivity (Wildman–Crippen MR) is 139 cm³/mol. The highest BCUT2D eigenvalue weighted by molar-refractivity contribution is 5.79. The second kappa shape index (κ2) is 11.1. The van der Waals surface area contributed by atoms with Crippen LogP contribution in [0.2, 0.25) is 0 Å². The van der Waals surface area contributed by atoms with Gasteiger partial charge in [0.25, 0.3) is 6.47 Å². The molecule has 6 nitrogen and oxygen atoms in total. The molecule has 0 saturated heterocycles. The molecule has 0 N–H and O–H groups in total. The van der Waals surface area contributed by atoms with Crippen molar-refractivity contribution >= 4 is 18.2 Å². The molecule has 0 aromatic heterocycles. The van der Waals surface area contributed by atoms with Crippen molar-refractivity contribution in [3.05, 3.63) is 0 Å². The molecule has 6 heteroatoms. The smallest absolute Gasteiger partial charge is 0.320 e. The predicted octanol–water partition coefficient (Wildman–Crippen LogP) is 5.42. The van der Waals surface area contributed by atoms with Gasteiger partial charge in [0.1, 0.15) is 18.0 Å². The third kappa shape index (κ3) is 5.00. The van der Waals surface area contributed by atoms with Crippen molar-refractivity contribution in [2.75, 3.05) is 19.6 Å². The van der Waals surface area contributed by atoms with E-state index in [2.05, 4.69) is 32.6 Å². The van der Waals surface area contributed by atoms with Crippen LogP contribution in [0, 0.1) is 40.4 Å². The summed E-state index contributed by atoms with van der Waals surface area (Å²) in [6.07, 6.45) is 9.84. The summed E-state index contributed by atoms with van der Waals surface area (Å²) in [7, 11) is 0. The van der Waals surface area contributed by atoms with Gasteiger partial charge in [-0.1, -0.05) is 27.7 Å². The van der Waals surface area contributed by atoms with Gasteiger partial charge in [-0.15, -0.1) is 0 Å². The van der Waals surface area contributed by atoms with E-state index in [-0.39, 0.29) is 34.9 Å². The minimum Gasteiger partial charge on any atom is -0.465 e. The molecule has 0 amide bonds. The van der Waals surface area contributed by atoms with Gasteiger partial charge in [-0.3, -0.25) is 19.3 Å². The maximum absolute atomic E-state index is 13.4. The highest BCUT2D eigenvalue weighted by Gasteiger charge is 2.64. The molecular formula is C30H49NO5. The van der Waals surface area contributed by atoms with Crippen molar-refractivity contribution in [3.8, 4) is 0 Å². The molecule has 0 bridgehead atoms. The van der Waals surface area contributed by atoms with Crippen LogP contribution in [-0.2, 0) is 23.9 Å². The molecule has 0 radical (unpaired) electrons. The Kier molecular flexibility index (Phi) is 8.53. The van der Waals surface area contributed by atoms with Crippen LogP contribution >= 0.6 is 0 Å². The second-order valence-corrected chi connectivity index (χ2v) is 13.0. The summed E-state index contributed by atoms with van der Waals surface area (Å²) in [6.45, 7) is 13.6. The summed E-state index contributed by atoms with van der Waals surface area (Å²) in [4.78, 5) is 39.3. The minimum atomic E-state index is -0.148. The topological polar surface area (TPSA) is 72.9 Å². The number of esters is 1. The first kappa shape index (κ1) is 27.6. The first-order valence-corrected chi connectivity index (χ1v) is 14.7. The van der Waals surface area contributed by atoms with E-state index < -0.39 is 0 Å². The van der Waals surface area contributed by atoms with Crippen molar-refractivity contribution in [1.82, 2.24) is 4.90 Å². The summed E-state index contributed by atoms with van der Waals surface area (Å²) in [6, 6.07) is 0. The number of fused-ring (bicyclic) bond motifs is 5. The zero-order valence-corrected chi connectivity index (χ0v) is 23.3. The number of hydrogen-bond donors (Lipinski definition) is 0. The van der Waals surface area contributed by atoms with E-state index in [1.165, 1.54) is 0 Å². The number of nitrogens with zero attached hydrogens (tertiary/aromatic N) is 1. The van der Waals surface area contributed by atoms with E-state index in [1.807, 2.05) is 0 Å². The number of carbonyl (C=O) groups excluding carboxylic acids is 3. The van der Waals surface area contributed by atoms with Gasteiger partial charge in [-0.05, 0) is 113 Å². The van der Waals surface area contributed by atoms with Crippen molar-refractivity contribution < 1.29 is 23.9 Å². The number of Topliss-reactive ketones (excluding diaryl/α,β-unsaturated/α-hetero) is 1. The second-order valence-electron chi connectivity index (χ2n) is 13.0. The maximum atomic E-state index is 13.4. The van der Waals surface area contributed by atoms with E-state index in [1.54, 1.807) is 6.92 Å². The molecule has 0 aromatic rings. The summed E-state index contributed by atoms with van der Waals surface area (Å²) < 4.78 is 11.9. The standard InChI is InChI=1S/C30H49NO5/c1-6-14-31(15-7-2)18-27(34)36-26-17-30(5)24(20(3)33)10-11-25(30)23-9-8-21-16-22(35-19-32)12-13-29(21,4)28(23)26/h19,21-26,28H,6-18H2,1-5H3/t21?,22?,23-,24+,25-,26?,28+,29-,30+/m0/s1. The molecule has 4 aliphatic rings. The quantitative estimate of drug-likeness (QED) is 0.293. The Morgan fingerprint density at radius 3 is 2.36 bits per heavy atom. The van der Waals surface area contributed by atoms with Crippen LogP contribution in [0.15, 0.2) is 0 Å². The van der Waals surface area contributed by atoms with Crippen LogP contribution in [0.25, 0.3) is 0 Å². The summed E-state index contributed by atoms with van der Waals surface area (Å²) in [5.41, 5.74) is -0.0235. The van der Waals surface area contributed by atoms with Gasteiger partial charge < -0.3 is 9.47 Å². The number of hydrogen-bond acceptors (Lipinski definition) is 6. The van der Waals surface area contributed by atoms with Gasteiger partial charge in [0.15, 0.2) is 0 Å². The zero-order valence-electron chi connectivity index (χ0n) is 23.3. The van der Waals surface area contributed by atoms with E-state index in [9.17, 15) is 14.4 Å². The lowest BCUT2D eigenvalue weighted by Crippen LogP contribution is -2.60. The summed E-state index contributed by atoms with van der Waals surface area (Å²) in [5.74, 6) is 2.05. The normalized spacial score (nSPS) is 41.7. The number of ether oxygens (including phenoxy) is 2. The molecular weight excluding hydrogens is 454 g/mol. The first-order chi connectivity index (χ1) is 17.2. The Labute approximate surface area is 218 Å². The van der Waals surface area contributed by atoms with Gasteiger partial charge in [0.05, 0.1) is 6.54 Å². The zero-order chi connectivity index (χ0) is 26.1. The third-order valence-electron chi connectivity index (χ3n) is 11.0. The lowest BCUT2D eigenvalue weighted by molar-refractivity contribution is -0.201. The Bertz CT molecular complexity index is 809. The monoisotopic (exact) mass is 503 g/mol. The first-order valence-electron chi connectivity index (χ1n) is 14.7. The van der Waals surface area contributed by atoms with Gasteiger partial charge in [-0.25, -0.2) is 0 Å². The largest absolute Gasteiger partial charge is 0.465 e. The number of rotatable bonds is 10. The van der Waals surface area contributed by atoms with Gasteiger partial charge in [0, 0.05) is 11.8 Å². The van der Waals surface area contributed by atoms with Crippen LogP contribution in [-0.4, -0.2) is 55.0 Å². The molecule has 4 rings (SSSR count). The van der Waals surface area contributed by atoms with E-state index in [0.717, 1.165) is 77.3 Å². The van der Waals surface area contributed by atoms with Crippen LogP contribution in [0.5, 0.6) is 0 Å². The van der Waals surface area contributed by atoms with Crippen molar-refractivity contribution in [3.63, 3.8) is 0 Å². The van der Waals surface area contributed by atoms with Crippen molar-refractivity contribution in [2.24, 2.45) is 40.4 Å². The maximum Gasteiger partial charge on any atom is 0.320 e. The highest BCUT2D eigenvalue weighted by atomic mass is 16.5. The van der Waals surface area contributed by atoms with E-state index in [0.29, 0.717) is 42.5 Å². The molecule has 3 unspecified atom stereocenters. The SMILES string of the molecule is CCCN(CCC)CC(=O)OC1C[C@]2(C)[C@@H](C(C)=O)CC[C@H]2[C@@H]2CCC3CC(OC=O)CC[C@]3(C)[C@@H]12. The fraction of sp³-hybridized carbons (Fsp3) is 0.900. The van der Waals surface area contributed by atoms with E-state index in [4.69, 9.17) is 9.47 Å². The van der Waals surface area contributed by atoms with Crippen LogP contribution in [0.4, 0.5) is 0 Å². The third-order valence-corrected chi connectivity index (χ3v) is 11.0. The van der Waals surface area contributed by atoms with Crippen molar-refractivity contribution in [2.45, 2.75) is 111 Å². The Morgan fingerprint density at radius 2 is 1.72 bits per heavy atom. The Hall–Kier alpha value is -1.43. The molecule has 204 valence electrons. The molecule has 0 aliphatic heterocycles. The number of carbonyl (C=O) groups is 3. The molecule has 36 heavy (non-hydrogen) atoms. The lowest BCUT2D eigenvalue weighted by atomic mass is 9.43. The fourth-order valence-electron chi connectivity index (χ4n) is 9.58. The summed E-state index contributed by atoms with van der Waals surface area (Å²) in [5, 5.41) is 0. The molecule has 0 heterocycles. The highest BCUT2D eigenvalue weighted by Crippen LogP contribution is 2.68. The summed E-state index contributed by atoms with van der Waals surface area (Å²) >= 11 is 0. The van der Waals surface area contributed by atoms with Crippen molar-refractivity contribution in [1.29, 1.82) is 0 Å². The molecule has 9 atom stereocenters.